The first kappa shape index (κ1) is 17.3. The Balaban J connectivity index is 1.75. The average molecular weight is 363 g/mol. The Hall–Kier alpha value is -2.52. The van der Waals surface area contributed by atoms with E-state index in [-0.39, 0.29) is 11.3 Å². The fourth-order valence-electron chi connectivity index (χ4n) is 3.06. The molecule has 3 rings (SSSR count). The molecule has 2 amide bonds. The molecule has 25 heavy (non-hydrogen) atoms. The van der Waals surface area contributed by atoms with Crippen LogP contribution >= 0.6 is 0 Å². The first-order valence-corrected chi connectivity index (χ1v) is 8.92. The number of benzene rings is 1. The van der Waals surface area contributed by atoms with Crippen LogP contribution in [0.25, 0.3) is 0 Å². The summed E-state index contributed by atoms with van der Waals surface area (Å²) in [6, 6.07) is 5.38. The second kappa shape index (κ2) is 6.41. The van der Waals surface area contributed by atoms with Crippen molar-refractivity contribution in [1.82, 2.24) is 10.2 Å². The highest BCUT2D eigenvalue weighted by atomic mass is 32.2. The van der Waals surface area contributed by atoms with Crippen LogP contribution in [0.1, 0.15) is 11.6 Å². The molecule has 0 radical (unpaired) electrons. The smallest absolute Gasteiger partial charge is 0.330 e. The maximum absolute atomic E-state index is 12.3. The number of carboxylic acids is 1. The molecule has 8 nitrogen and oxygen atoms in total. The Bertz CT molecular complexity index is 781. The predicted octanol–water partition coefficient (Wildman–Crippen LogP) is -0.889. The minimum atomic E-state index is -1.53. The van der Waals surface area contributed by atoms with Gasteiger partial charge in [-0.2, -0.15) is 0 Å². The van der Waals surface area contributed by atoms with E-state index in [4.69, 9.17) is 5.73 Å². The fourth-order valence-corrected chi connectivity index (χ4v) is 4.73. The molecule has 4 N–H and O–H groups in total. The summed E-state index contributed by atoms with van der Waals surface area (Å²) < 4.78 is 12.3. The molecular weight excluding hydrogens is 346 g/mol. The predicted molar refractivity (Wildman–Crippen MR) is 89.5 cm³/mol. The molecule has 2 aliphatic heterocycles. The van der Waals surface area contributed by atoms with E-state index in [1.165, 1.54) is 0 Å². The number of β-lactam (4-membered cyclic amide) rings is 1. The van der Waals surface area contributed by atoms with Gasteiger partial charge in [-0.1, -0.05) is 36.9 Å². The fraction of sp³-hybridized carbons (Fsp3) is 0.312. The highest BCUT2D eigenvalue weighted by Gasteiger charge is 2.59. The molecule has 1 aromatic rings. The SMILES string of the molecule is C=C1CS(=O)[C@H]2C(NC(=O)C(N)c3ccccc3)C(=O)N2C1C(=O)O. The van der Waals surface area contributed by atoms with Crippen LogP contribution < -0.4 is 11.1 Å². The van der Waals surface area contributed by atoms with E-state index in [2.05, 4.69) is 11.9 Å². The van der Waals surface area contributed by atoms with Crippen molar-refractivity contribution in [2.75, 3.05) is 5.75 Å². The summed E-state index contributed by atoms with van der Waals surface area (Å²) in [4.78, 5) is 37.0. The molecule has 2 fully saturated rings. The maximum Gasteiger partial charge on any atom is 0.330 e. The molecule has 0 bridgehead atoms. The highest BCUT2D eigenvalue weighted by Crippen LogP contribution is 2.34. The number of hydrogen-bond donors (Lipinski definition) is 3. The van der Waals surface area contributed by atoms with Gasteiger partial charge >= 0.3 is 5.97 Å². The monoisotopic (exact) mass is 363 g/mol. The van der Waals surface area contributed by atoms with E-state index in [9.17, 15) is 23.7 Å². The molecule has 0 aliphatic carbocycles. The summed E-state index contributed by atoms with van der Waals surface area (Å²) >= 11 is 0. The zero-order valence-corrected chi connectivity index (χ0v) is 13.9. The lowest BCUT2D eigenvalue weighted by Gasteiger charge is -2.52. The summed E-state index contributed by atoms with van der Waals surface area (Å²) in [5.41, 5.74) is 6.67. The van der Waals surface area contributed by atoms with Crippen LogP contribution in [-0.2, 0) is 25.2 Å². The van der Waals surface area contributed by atoms with Crippen molar-refractivity contribution in [3.05, 3.63) is 48.0 Å². The maximum atomic E-state index is 12.3. The molecule has 5 atom stereocenters. The van der Waals surface area contributed by atoms with E-state index in [1.54, 1.807) is 30.3 Å². The largest absolute Gasteiger partial charge is 0.479 e. The van der Waals surface area contributed by atoms with E-state index < -0.39 is 52.1 Å². The van der Waals surface area contributed by atoms with E-state index >= 15 is 0 Å². The number of rotatable bonds is 4. The molecule has 132 valence electrons. The van der Waals surface area contributed by atoms with Crippen molar-refractivity contribution in [3.8, 4) is 0 Å². The number of carbonyl (C=O) groups is 3. The molecule has 4 unspecified atom stereocenters. The zero-order chi connectivity index (χ0) is 18.3. The van der Waals surface area contributed by atoms with Gasteiger partial charge in [0.05, 0.1) is 10.8 Å². The number of nitrogens with two attached hydrogens (primary N) is 1. The van der Waals surface area contributed by atoms with Gasteiger partial charge in [0.15, 0.2) is 6.04 Å². The van der Waals surface area contributed by atoms with Gasteiger partial charge in [0.25, 0.3) is 0 Å². The van der Waals surface area contributed by atoms with Crippen molar-refractivity contribution in [2.24, 2.45) is 5.73 Å². The van der Waals surface area contributed by atoms with Crippen LogP contribution in [0, 0.1) is 0 Å². The standard InChI is InChI=1S/C16H17N3O5S/c1-8-7-25(24)15-11(14(21)19(15)12(8)16(22)23)18-13(20)10(17)9-5-3-2-4-6-9/h2-6,10-12,15H,1,7,17H2,(H,18,20)(H,22,23)/t10?,11?,12?,15-,25?/m0/s1. The van der Waals surface area contributed by atoms with Crippen molar-refractivity contribution in [3.63, 3.8) is 0 Å². The number of nitrogens with one attached hydrogen (secondary N) is 1. The number of carboxylic acid groups (broad SMARTS) is 1. The molecule has 9 heteroatoms. The van der Waals surface area contributed by atoms with Gasteiger partial charge in [0.1, 0.15) is 17.5 Å². The van der Waals surface area contributed by atoms with Crippen molar-refractivity contribution in [2.45, 2.75) is 23.5 Å². The Morgan fingerprint density at radius 3 is 2.60 bits per heavy atom. The summed E-state index contributed by atoms with van der Waals surface area (Å²) in [7, 11) is -1.53. The lowest BCUT2D eigenvalue weighted by molar-refractivity contribution is -0.160. The Labute approximate surface area is 146 Å². The molecule has 2 heterocycles. The van der Waals surface area contributed by atoms with E-state index in [1.807, 2.05) is 0 Å². The molecule has 0 aromatic heterocycles. The topological polar surface area (TPSA) is 130 Å². The van der Waals surface area contributed by atoms with Gasteiger partial charge in [0, 0.05) is 5.75 Å². The van der Waals surface area contributed by atoms with Crippen LogP contribution in [0.15, 0.2) is 42.5 Å². The number of amides is 2. The zero-order valence-electron chi connectivity index (χ0n) is 13.1. The Kier molecular flexibility index (Phi) is 4.44. The average Bonchev–Trinajstić information content (AvgIpc) is 2.58. The normalized spacial score (nSPS) is 29.4. The van der Waals surface area contributed by atoms with Crippen LogP contribution in [0.5, 0.6) is 0 Å². The second-order valence-electron chi connectivity index (χ2n) is 5.93. The van der Waals surface area contributed by atoms with Crippen LogP contribution in [0.4, 0.5) is 0 Å². The number of fused-ring (bicyclic) bond motifs is 1. The summed E-state index contributed by atoms with van der Waals surface area (Å²) in [5.74, 6) is -2.44. The second-order valence-corrected chi connectivity index (χ2v) is 7.47. The minimum absolute atomic E-state index is 0.0253. The first-order valence-electron chi connectivity index (χ1n) is 7.53. The molecule has 0 saturated carbocycles. The molecule has 1 aromatic carbocycles. The highest BCUT2D eigenvalue weighted by molar-refractivity contribution is 7.86. The van der Waals surface area contributed by atoms with Crippen molar-refractivity contribution in [1.29, 1.82) is 0 Å². The summed E-state index contributed by atoms with van der Waals surface area (Å²) in [6.07, 6.45) is 0. The third-order valence-electron chi connectivity index (χ3n) is 4.31. The van der Waals surface area contributed by atoms with Gasteiger partial charge in [0.2, 0.25) is 11.8 Å². The third kappa shape index (κ3) is 2.85. The van der Waals surface area contributed by atoms with Gasteiger partial charge in [-0.05, 0) is 11.1 Å². The van der Waals surface area contributed by atoms with Gasteiger partial charge in [-0.25, -0.2) is 4.79 Å². The Morgan fingerprint density at radius 2 is 2.00 bits per heavy atom. The summed E-state index contributed by atoms with van der Waals surface area (Å²) in [5, 5.41) is 10.9. The molecule has 2 aliphatic rings. The molecule has 0 spiro atoms. The van der Waals surface area contributed by atoms with Crippen molar-refractivity contribution >= 4 is 28.6 Å². The van der Waals surface area contributed by atoms with E-state index in [0.29, 0.717) is 5.56 Å². The van der Waals surface area contributed by atoms with Gasteiger partial charge in [-0.15, -0.1) is 0 Å². The third-order valence-corrected chi connectivity index (χ3v) is 6.01. The lowest BCUT2D eigenvalue weighted by atomic mass is 9.98. The van der Waals surface area contributed by atoms with Crippen molar-refractivity contribution < 1.29 is 23.7 Å². The van der Waals surface area contributed by atoms with Crippen LogP contribution in [-0.4, -0.2) is 55.2 Å². The number of carbonyl (C=O) groups excluding carboxylic acids is 2. The van der Waals surface area contributed by atoms with Gasteiger partial charge in [-0.3, -0.25) is 13.8 Å². The lowest BCUT2D eigenvalue weighted by Crippen LogP contribution is -2.77. The van der Waals surface area contributed by atoms with E-state index in [0.717, 1.165) is 4.90 Å². The number of nitrogens with zero attached hydrogens (tertiary/aromatic N) is 1. The Morgan fingerprint density at radius 1 is 1.36 bits per heavy atom. The molecular formula is C16H17N3O5S. The molecule has 2 saturated heterocycles. The van der Waals surface area contributed by atoms with Crippen LogP contribution in [0.3, 0.4) is 0 Å². The number of aliphatic carboxylic acids is 1. The van der Waals surface area contributed by atoms with Gasteiger partial charge < -0.3 is 21.1 Å². The number of hydrogen-bond acceptors (Lipinski definition) is 5. The summed E-state index contributed by atoms with van der Waals surface area (Å²) in [6.45, 7) is 3.60. The first-order chi connectivity index (χ1) is 11.8. The quantitative estimate of drug-likeness (QED) is 0.470. The van der Waals surface area contributed by atoms with Crippen LogP contribution in [0.2, 0.25) is 0 Å². The minimum Gasteiger partial charge on any atom is -0.479 e.